The van der Waals surface area contributed by atoms with Crippen molar-refractivity contribution in [2.45, 2.75) is 12.1 Å². The van der Waals surface area contributed by atoms with E-state index in [-0.39, 0.29) is 5.69 Å². The Morgan fingerprint density at radius 1 is 1.50 bits per heavy atom. The summed E-state index contributed by atoms with van der Waals surface area (Å²) in [4.78, 5) is 16.7. The highest BCUT2D eigenvalue weighted by molar-refractivity contribution is 7.86. The van der Waals surface area contributed by atoms with E-state index in [0.717, 1.165) is 6.07 Å². The van der Waals surface area contributed by atoms with Crippen LogP contribution in [0.15, 0.2) is 11.2 Å². The van der Waals surface area contributed by atoms with E-state index in [1.54, 1.807) is 0 Å². The van der Waals surface area contributed by atoms with Gasteiger partial charge in [-0.05, 0) is 13.0 Å². The van der Waals surface area contributed by atoms with Crippen LogP contribution in [0.2, 0.25) is 0 Å². The lowest BCUT2D eigenvalue weighted by Crippen LogP contribution is -2.08. The molecule has 76 valence electrons. The third-order valence-electron chi connectivity index (χ3n) is 1.27. The van der Waals surface area contributed by atoms with E-state index < -0.39 is 27.0 Å². The van der Waals surface area contributed by atoms with Crippen LogP contribution in [0.1, 0.15) is 16.2 Å². The second-order valence-corrected chi connectivity index (χ2v) is 3.66. The van der Waals surface area contributed by atoms with Crippen molar-refractivity contribution >= 4 is 16.2 Å². The molecule has 1 N–H and O–H groups in total. The van der Waals surface area contributed by atoms with Gasteiger partial charge in [0.15, 0.2) is 5.69 Å². The van der Waals surface area contributed by atoms with E-state index >= 15 is 0 Å². The highest BCUT2D eigenvalue weighted by Crippen LogP contribution is 2.08. The Labute approximate surface area is 78.6 Å². The number of hydrogen-bond donors (Lipinski definition) is 1. The third-order valence-corrected chi connectivity index (χ3v) is 1.89. The molecule has 0 aliphatic rings. The number of hydrogen-bond acceptors (Lipinski definition) is 5. The smallest absolute Gasteiger partial charge is 0.368 e. The zero-order valence-electron chi connectivity index (χ0n) is 6.93. The number of aromatic nitrogens is 2. The number of halogens is 1. The molecule has 1 aromatic heterocycles. The van der Waals surface area contributed by atoms with Crippen LogP contribution < -0.4 is 0 Å². The molecule has 0 bridgehead atoms. The van der Waals surface area contributed by atoms with Crippen molar-refractivity contribution in [2.75, 3.05) is 0 Å². The van der Waals surface area contributed by atoms with Gasteiger partial charge in [0, 0.05) is 5.69 Å². The maximum absolute atomic E-state index is 12.4. The molecule has 0 aromatic carbocycles. The monoisotopic (exact) mass is 220 g/mol. The van der Waals surface area contributed by atoms with Gasteiger partial charge in [-0.25, -0.2) is 14.8 Å². The predicted molar refractivity (Wildman–Crippen MR) is 42.0 cm³/mol. The van der Waals surface area contributed by atoms with Crippen LogP contribution in [-0.2, 0) is 10.2 Å². The van der Waals surface area contributed by atoms with Crippen molar-refractivity contribution in [3.05, 3.63) is 17.5 Å². The normalized spacial score (nSPS) is 11.3. The van der Waals surface area contributed by atoms with E-state index in [1.165, 1.54) is 6.92 Å². The van der Waals surface area contributed by atoms with Crippen molar-refractivity contribution in [2.24, 2.45) is 0 Å². The number of aryl methyl sites for hydroxylation is 1. The minimum Gasteiger partial charge on any atom is -0.477 e. The number of rotatable bonds is 2. The molecule has 0 fully saturated rings. The number of carbonyl (C=O) groups is 1. The molecule has 1 aromatic rings. The lowest BCUT2D eigenvalue weighted by Gasteiger charge is -1.98. The predicted octanol–water partition coefficient (Wildman–Crippen LogP) is 0.141. The van der Waals surface area contributed by atoms with Crippen LogP contribution in [0.3, 0.4) is 0 Å². The largest absolute Gasteiger partial charge is 0.477 e. The maximum atomic E-state index is 12.4. The first kappa shape index (κ1) is 10.5. The lowest BCUT2D eigenvalue weighted by molar-refractivity contribution is 0.0689. The summed E-state index contributed by atoms with van der Waals surface area (Å²) in [5.74, 6) is -1.44. The molecule has 0 aliphatic carbocycles. The average molecular weight is 220 g/mol. The van der Waals surface area contributed by atoms with Gasteiger partial charge in [-0.1, -0.05) is 3.89 Å². The lowest BCUT2D eigenvalue weighted by atomic mass is 10.3. The molecule has 8 heteroatoms. The van der Waals surface area contributed by atoms with Crippen LogP contribution in [0.4, 0.5) is 3.89 Å². The average Bonchev–Trinajstić information content (AvgIpc) is 2.01. The maximum Gasteiger partial charge on any atom is 0.368 e. The zero-order chi connectivity index (χ0) is 10.9. The first-order chi connectivity index (χ1) is 6.30. The van der Waals surface area contributed by atoms with Gasteiger partial charge >= 0.3 is 16.2 Å². The molecule has 0 saturated carbocycles. The summed E-state index contributed by atoms with van der Waals surface area (Å²) < 4.78 is 33.1. The van der Waals surface area contributed by atoms with Gasteiger partial charge in [0.2, 0.25) is 0 Å². The second-order valence-electron chi connectivity index (χ2n) is 2.42. The van der Waals surface area contributed by atoms with Crippen molar-refractivity contribution in [1.29, 1.82) is 0 Å². The van der Waals surface area contributed by atoms with Gasteiger partial charge < -0.3 is 5.11 Å². The Hall–Kier alpha value is -1.57. The summed E-state index contributed by atoms with van der Waals surface area (Å²) in [6, 6.07) is 1.04. The molecule has 0 aliphatic heterocycles. The Bertz CT molecular complexity index is 485. The van der Waals surface area contributed by atoms with Gasteiger partial charge in [0.05, 0.1) is 0 Å². The van der Waals surface area contributed by atoms with Crippen LogP contribution >= 0.6 is 0 Å². The summed E-state index contributed by atoms with van der Waals surface area (Å²) in [7, 11) is -5.07. The number of aromatic carboxylic acids is 1. The molecule has 0 atom stereocenters. The number of carboxylic acids is 1. The molecule has 14 heavy (non-hydrogen) atoms. The molecule has 0 spiro atoms. The summed E-state index contributed by atoms with van der Waals surface area (Å²) >= 11 is 0. The standard InChI is InChI=1S/C6H5FN2O4S/c1-3-2-4(5(10)11)9-6(8-3)14(7,12)13/h2H,1H3,(H,10,11). The van der Waals surface area contributed by atoms with Gasteiger partial charge in [-0.15, -0.1) is 0 Å². The van der Waals surface area contributed by atoms with E-state index in [2.05, 4.69) is 9.97 Å². The molecular weight excluding hydrogens is 215 g/mol. The fourth-order valence-electron chi connectivity index (χ4n) is 0.760. The summed E-state index contributed by atoms with van der Waals surface area (Å²) in [6.07, 6.45) is 0. The summed E-state index contributed by atoms with van der Waals surface area (Å²) in [5, 5.41) is 7.36. The van der Waals surface area contributed by atoms with Gasteiger partial charge in [-0.2, -0.15) is 8.42 Å². The Kier molecular flexibility index (Phi) is 2.47. The van der Waals surface area contributed by atoms with Crippen LogP contribution in [0.5, 0.6) is 0 Å². The van der Waals surface area contributed by atoms with Crippen molar-refractivity contribution in [3.63, 3.8) is 0 Å². The molecule has 6 nitrogen and oxygen atoms in total. The number of carboxylic acid groups (broad SMARTS) is 1. The fourth-order valence-corrected chi connectivity index (χ4v) is 1.22. The molecule has 0 saturated heterocycles. The van der Waals surface area contributed by atoms with Crippen molar-refractivity contribution in [1.82, 2.24) is 9.97 Å². The molecule has 0 unspecified atom stereocenters. The molecule has 0 radical (unpaired) electrons. The first-order valence-corrected chi connectivity index (χ1v) is 4.72. The summed E-state index contributed by atoms with van der Waals surface area (Å²) in [5.41, 5.74) is -0.498. The Balaban J connectivity index is 3.43. The van der Waals surface area contributed by atoms with E-state index in [0.29, 0.717) is 0 Å². The zero-order valence-corrected chi connectivity index (χ0v) is 7.75. The number of nitrogens with zero attached hydrogens (tertiary/aromatic N) is 2. The van der Waals surface area contributed by atoms with E-state index in [1.807, 2.05) is 0 Å². The van der Waals surface area contributed by atoms with Gasteiger partial charge in [0.25, 0.3) is 5.16 Å². The minimum atomic E-state index is -5.07. The quantitative estimate of drug-likeness (QED) is 0.562. The molecule has 1 heterocycles. The van der Waals surface area contributed by atoms with Crippen molar-refractivity contribution < 1.29 is 22.2 Å². The van der Waals surface area contributed by atoms with Crippen molar-refractivity contribution in [3.8, 4) is 0 Å². The topological polar surface area (TPSA) is 97.2 Å². The van der Waals surface area contributed by atoms with Crippen LogP contribution in [-0.4, -0.2) is 29.5 Å². The second kappa shape index (κ2) is 3.29. The van der Waals surface area contributed by atoms with Crippen LogP contribution in [0.25, 0.3) is 0 Å². The third kappa shape index (κ3) is 2.22. The van der Waals surface area contributed by atoms with E-state index in [9.17, 15) is 17.1 Å². The fraction of sp³-hybridized carbons (Fsp3) is 0.167. The highest BCUT2D eigenvalue weighted by atomic mass is 32.3. The van der Waals surface area contributed by atoms with Gasteiger partial charge in [-0.3, -0.25) is 0 Å². The Morgan fingerprint density at radius 2 is 2.07 bits per heavy atom. The van der Waals surface area contributed by atoms with Gasteiger partial charge in [0.1, 0.15) is 0 Å². The molecule has 0 amide bonds. The highest BCUT2D eigenvalue weighted by Gasteiger charge is 2.19. The van der Waals surface area contributed by atoms with E-state index in [4.69, 9.17) is 5.11 Å². The Morgan fingerprint density at radius 3 is 2.50 bits per heavy atom. The molecular formula is C6H5FN2O4S. The first-order valence-electron chi connectivity index (χ1n) is 3.34. The molecule has 1 rings (SSSR count). The minimum absolute atomic E-state index is 0.0635. The van der Waals surface area contributed by atoms with Crippen LogP contribution in [0, 0.1) is 6.92 Å². The SMILES string of the molecule is Cc1cc(C(=O)O)nc(S(=O)(=O)F)n1. The summed E-state index contributed by atoms with van der Waals surface area (Å²) in [6.45, 7) is 1.34.